The van der Waals surface area contributed by atoms with Crippen LogP contribution in [0.1, 0.15) is 33.3 Å². The highest BCUT2D eigenvalue weighted by Gasteiger charge is 2.18. The largest absolute Gasteiger partial charge is 0.334 e. The van der Waals surface area contributed by atoms with Gasteiger partial charge in [0.05, 0.1) is 6.04 Å². The Kier molecular flexibility index (Phi) is 6.88. The van der Waals surface area contributed by atoms with E-state index in [-0.39, 0.29) is 11.9 Å². The maximum atomic E-state index is 11.9. The minimum absolute atomic E-state index is 0.207. The van der Waals surface area contributed by atoms with Gasteiger partial charge in [-0.25, -0.2) is 4.79 Å². The first-order chi connectivity index (χ1) is 9.90. The van der Waals surface area contributed by atoms with Gasteiger partial charge >= 0.3 is 6.03 Å². The molecule has 116 valence electrons. The summed E-state index contributed by atoms with van der Waals surface area (Å²) in [7, 11) is 0. The molecule has 5 nitrogen and oxygen atoms in total. The molecule has 0 unspecified atom stereocenters. The molecule has 3 amide bonds. The van der Waals surface area contributed by atoms with Crippen LogP contribution in [0.5, 0.6) is 0 Å². The van der Waals surface area contributed by atoms with E-state index in [1.807, 2.05) is 37.3 Å². The molecule has 0 aliphatic heterocycles. The smallest absolute Gasteiger partial charge is 0.321 e. The molecular weight excluding hydrogens is 266 g/mol. The van der Waals surface area contributed by atoms with E-state index in [1.165, 1.54) is 0 Å². The summed E-state index contributed by atoms with van der Waals surface area (Å²) in [5.41, 5.74) is 0.986. The Morgan fingerprint density at radius 2 is 1.67 bits per heavy atom. The van der Waals surface area contributed by atoms with Crippen molar-refractivity contribution in [1.82, 2.24) is 16.0 Å². The molecule has 5 heteroatoms. The van der Waals surface area contributed by atoms with E-state index in [1.54, 1.807) is 6.92 Å². The van der Waals surface area contributed by atoms with Gasteiger partial charge in [0.1, 0.15) is 0 Å². The molecular formula is C16H25N3O2. The molecule has 0 saturated heterocycles. The highest BCUT2D eigenvalue weighted by atomic mass is 16.2. The molecule has 21 heavy (non-hydrogen) atoms. The Hall–Kier alpha value is -1.88. The summed E-state index contributed by atoms with van der Waals surface area (Å²) >= 11 is 0. The second-order valence-corrected chi connectivity index (χ2v) is 5.58. The zero-order chi connectivity index (χ0) is 15.8. The third-order valence-corrected chi connectivity index (χ3v) is 3.44. The fraction of sp³-hybridized carbons (Fsp3) is 0.500. The second kappa shape index (κ2) is 8.42. The van der Waals surface area contributed by atoms with Gasteiger partial charge in [-0.15, -0.1) is 0 Å². The normalized spacial score (nSPS) is 13.6. The summed E-state index contributed by atoms with van der Waals surface area (Å²) in [6.07, 6.45) is 0. The van der Waals surface area contributed by atoms with Gasteiger partial charge in [0, 0.05) is 12.6 Å². The first-order valence-electron chi connectivity index (χ1n) is 7.28. The quantitative estimate of drug-likeness (QED) is 0.751. The summed E-state index contributed by atoms with van der Waals surface area (Å²) in [6, 6.07) is 8.86. The van der Waals surface area contributed by atoms with Gasteiger partial charge in [-0.1, -0.05) is 44.2 Å². The number of amides is 3. The van der Waals surface area contributed by atoms with Crippen molar-refractivity contribution in [2.75, 3.05) is 0 Å². The number of imide groups is 1. The minimum atomic E-state index is -0.477. The number of benzene rings is 1. The van der Waals surface area contributed by atoms with E-state index in [4.69, 9.17) is 0 Å². The first kappa shape index (κ1) is 17.2. The Morgan fingerprint density at radius 3 is 2.24 bits per heavy atom. The fourth-order valence-electron chi connectivity index (χ4n) is 1.71. The van der Waals surface area contributed by atoms with E-state index in [2.05, 4.69) is 29.8 Å². The maximum Gasteiger partial charge on any atom is 0.321 e. The Bertz CT molecular complexity index is 460. The number of nitrogens with one attached hydrogen (secondary N) is 3. The molecule has 0 heterocycles. The van der Waals surface area contributed by atoms with Crippen molar-refractivity contribution in [1.29, 1.82) is 0 Å². The van der Waals surface area contributed by atoms with Crippen LogP contribution in [0, 0.1) is 5.92 Å². The van der Waals surface area contributed by atoms with Gasteiger partial charge in [0.25, 0.3) is 0 Å². The average Bonchev–Trinajstić information content (AvgIpc) is 2.45. The Balaban J connectivity index is 2.35. The lowest BCUT2D eigenvalue weighted by Crippen LogP contribution is -2.50. The van der Waals surface area contributed by atoms with Crippen LogP contribution < -0.4 is 16.0 Å². The molecule has 2 atom stereocenters. The fourth-order valence-corrected chi connectivity index (χ4v) is 1.71. The van der Waals surface area contributed by atoms with Crippen LogP contribution >= 0.6 is 0 Å². The lowest BCUT2D eigenvalue weighted by atomic mass is 10.1. The van der Waals surface area contributed by atoms with Crippen LogP contribution in [0.3, 0.4) is 0 Å². The lowest BCUT2D eigenvalue weighted by molar-refractivity contribution is -0.121. The van der Waals surface area contributed by atoms with Crippen LogP contribution in [0.2, 0.25) is 0 Å². The van der Waals surface area contributed by atoms with E-state index >= 15 is 0 Å². The zero-order valence-corrected chi connectivity index (χ0v) is 13.1. The Labute approximate surface area is 126 Å². The van der Waals surface area contributed by atoms with Gasteiger partial charge < -0.3 is 10.6 Å². The predicted molar refractivity (Wildman–Crippen MR) is 83.7 cm³/mol. The van der Waals surface area contributed by atoms with E-state index in [9.17, 15) is 9.59 Å². The molecule has 0 aromatic heterocycles. The van der Waals surface area contributed by atoms with E-state index in [0.29, 0.717) is 12.5 Å². The van der Waals surface area contributed by atoms with Crippen LogP contribution in [0.15, 0.2) is 30.3 Å². The van der Waals surface area contributed by atoms with Crippen molar-refractivity contribution in [2.24, 2.45) is 5.92 Å². The third kappa shape index (κ3) is 6.40. The number of carbonyl (C=O) groups excluding carboxylic acids is 2. The molecule has 0 saturated carbocycles. The number of hydrogen-bond donors (Lipinski definition) is 3. The summed E-state index contributed by atoms with van der Waals surface area (Å²) < 4.78 is 0. The molecule has 1 aromatic carbocycles. The third-order valence-electron chi connectivity index (χ3n) is 3.44. The van der Waals surface area contributed by atoms with Crippen molar-refractivity contribution in [3.05, 3.63) is 35.9 Å². The molecule has 0 fully saturated rings. The molecule has 0 spiro atoms. The van der Waals surface area contributed by atoms with Gasteiger partial charge in [0.15, 0.2) is 0 Å². The molecule has 1 rings (SSSR count). The standard InChI is InChI=1S/C16H25N3O2/c1-11(2)12(3)18-13(4)15(20)19-16(21)17-10-14-8-6-5-7-9-14/h5-9,11-13,18H,10H2,1-4H3,(H2,17,19,20,21)/t12-,13+/m0/s1. The van der Waals surface area contributed by atoms with Crippen LogP contribution in [-0.2, 0) is 11.3 Å². The molecule has 0 bridgehead atoms. The summed E-state index contributed by atoms with van der Waals surface area (Å²) in [4.78, 5) is 23.6. The highest BCUT2D eigenvalue weighted by Crippen LogP contribution is 2.01. The molecule has 0 radical (unpaired) electrons. The van der Waals surface area contributed by atoms with Crippen molar-refractivity contribution in [3.63, 3.8) is 0 Å². The monoisotopic (exact) mass is 291 g/mol. The van der Waals surface area contributed by atoms with Crippen molar-refractivity contribution in [2.45, 2.75) is 46.3 Å². The summed E-state index contributed by atoms with van der Waals surface area (Å²) in [5.74, 6) is 0.0974. The van der Waals surface area contributed by atoms with Crippen LogP contribution in [-0.4, -0.2) is 24.0 Å². The van der Waals surface area contributed by atoms with Crippen LogP contribution in [0.4, 0.5) is 4.79 Å². The summed E-state index contributed by atoms with van der Waals surface area (Å²) in [6.45, 7) is 8.32. The first-order valence-corrected chi connectivity index (χ1v) is 7.28. The number of rotatable bonds is 6. The van der Waals surface area contributed by atoms with Crippen LogP contribution in [0.25, 0.3) is 0 Å². The maximum absolute atomic E-state index is 11.9. The lowest BCUT2D eigenvalue weighted by Gasteiger charge is -2.22. The Morgan fingerprint density at radius 1 is 1.05 bits per heavy atom. The van der Waals surface area contributed by atoms with E-state index in [0.717, 1.165) is 5.56 Å². The van der Waals surface area contributed by atoms with Crippen molar-refractivity contribution >= 4 is 11.9 Å². The number of urea groups is 1. The summed E-state index contributed by atoms with van der Waals surface area (Å²) in [5, 5.41) is 8.17. The zero-order valence-electron chi connectivity index (χ0n) is 13.1. The predicted octanol–water partition coefficient (Wildman–Crippen LogP) is 2.03. The average molecular weight is 291 g/mol. The second-order valence-electron chi connectivity index (χ2n) is 5.58. The van der Waals surface area contributed by atoms with Gasteiger partial charge in [-0.2, -0.15) is 0 Å². The van der Waals surface area contributed by atoms with Gasteiger partial charge in [-0.3, -0.25) is 10.1 Å². The van der Waals surface area contributed by atoms with Gasteiger partial charge in [0.2, 0.25) is 5.91 Å². The minimum Gasteiger partial charge on any atom is -0.334 e. The van der Waals surface area contributed by atoms with Crippen molar-refractivity contribution < 1.29 is 9.59 Å². The number of carbonyl (C=O) groups is 2. The highest BCUT2D eigenvalue weighted by molar-refractivity contribution is 5.96. The molecule has 0 aliphatic rings. The molecule has 3 N–H and O–H groups in total. The van der Waals surface area contributed by atoms with E-state index < -0.39 is 12.1 Å². The molecule has 0 aliphatic carbocycles. The molecule has 1 aromatic rings. The SMILES string of the molecule is CC(C)[C@H](C)N[C@H](C)C(=O)NC(=O)NCc1ccccc1. The number of hydrogen-bond acceptors (Lipinski definition) is 3. The topological polar surface area (TPSA) is 70.2 Å². The van der Waals surface area contributed by atoms with Gasteiger partial charge in [-0.05, 0) is 25.3 Å². The van der Waals surface area contributed by atoms with Crippen molar-refractivity contribution in [3.8, 4) is 0 Å².